The molecule has 18 nitrogen and oxygen atoms in total. The van der Waals surface area contributed by atoms with Crippen LogP contribution in [0.3, 0.4) is 0 Å². The molecule has 58 heavy (non-hydrogen) atoms. The van der Waals surface area contributed by atoms with Crippen molar-refractivity contribution < 1.29 is 88.4 Å². The smallest absolute Gasteiger partial charge is 0.307 e. The summed E-state index contributed by atoms with van der Waals surface area (Å²) in [4.78, 5) is 35.0. The standard InChI is InChI=1S/C40H72O18/c1-4-5-6-7-8-9-10-11-12-13-14-15-16-17-18-27(52-24-29(55-26(3)44)19-28(20-32(45)46)54-25(2)43)23-53-39-37(51)35(49)38(31(22-42)57-39)58-40-36(50)34(48)33(47)30(21-41)56-40/h27-31,33-42,47-51H,4-24H2,1-3H3,(H,45,46)/t27-,28+,29+,30+,31+,33+,34-,35+,36+,37+,38-,39+,40-/m0/s1. The van der Waals surface area contributed by atoms with Crippen LogP contribution in [0.5, 0.6) is 0 Å². The number of rotatable bonds is 31. The first kappa shape index (κ1) is 52.1. The summed E-state index contributed by atoms with van der Waals surface area (Å²) in [5, 5.41) is 81.7. The number of unbranched alkanes of at least 4 members (excludes halogenated alkanes) is 13. The van der Waals surface area contributed by atoms with Crippen molar-refractivity contribution in [3.8, 4) is 0 Å². The summed E-state index contributed by atoms with van der Waals surface area (Å²) in [5.74, 6) is -2.57. The van der Waals surface area contributed by atoms with Crippen LogP contribution in [0.25, 0.3) is 0 Å². The van der Waals surface area contributed by atoms with Crippen molar-refractivity contribution in [3.05, 3.63) is 0 Å². The summed E-state index contributed by atoms with van der Waals surface area (Å²) in [6, 6.07) is 0. The Hall–Kier alpha value is -2.07. The summed E-state index contributed by atoms with van der Waals surface area (Å²) in [5.41, 5.74) is 0. The molecule has 8 N–H and O–H groups in total. The second-order valence-corrected chi connectivity index (χ2v) is 15.5. The Morgan fingerprint density at radius 2 is 1.09 bits per heavy atom. The first-order chi connectivity index (χ1) is 27.7. The van der Waals surface area contributed by atoms with Gasteiger partial charge in [0.15, 0.2) is 12.6 Å². The minimum atomic E-state index is -1.81. The SMILES string of the molecule is CCCCCCCCCCCCCCCC[C@@H](CO[C@@H]1O[C@H](CO)[C@H](O[C@@H]2O[C@H](CO)[C@@H](O)[C@H](O)[C@H]2O)[C@H](O)[C@H]1O)OC[C@@H](C[C@H](CC(=O)O)OC(C)=O)OC(C)=O. The number of carbonyl (C=O) groups is 3. The van der Waals surface area contributed by atoms with Gasteiger partial charge in [0.1, 0.15) is 61.0 Å². The first-order valence-corrected chi connectivity index (χ1v) is 21.1. The number of carbonyl (C=O) groups excluding carboxylic acids is 2. The Kier molecular flexibility index (Phi) is 26.2. The molecule has 0 amide bonds. The number of esters is 2. The van der Waals surface area contributed by atoms with Gasteiger partial charge in [0.25, 0.3) is 0 Å². The predicted molar refractivity (Wildman–Crippen MR) is 205 cm³/mol. The quantitative estimate of drug-likeness (QED) is 0.0364. The molecule has 2 aliphatic heterocycles. The molecule has 0 bridgehead atoms. The molecule has 2 aliphatic rings. The van der Waals surface area contributed by atoms with E-state index in [0.717, 1.165) is 39.0 Å². The van der Waals surface area contributed by atoms with Crippen LogP contribution in [0, 0.1) is 0 Å². The van der Waals surface area contributed by atoms with Crippen molar-refractivity contribution in [1.29, 1.82) is 0 Å². The average molecular weight is 841 g/mol. The van der Waals surface area contributed by atoms with E-state index >= 15 is 0 Å². The van der Waals surface area contributed by atoms with E-state index in [1.165, 1.54) is 64.7 Å². The summed E-state index contributed by atoms with van der Waals surface area (Å²) >= 11 is 0. The highest BCUT2D eigenvalue weighted by Gasteiger charge is 2.50. The predicted octanol–water partition coefficient (Wildman–Crippen LogP) is 1.61. The van der Waals surface area contributed by atoms with Crippen molar-refractivity contribution in [3.63, 3.8) is 0 Å². The van der Waals surface area contributed by atoms with Gasteiger partial charge in [0, 0.05) is 20.3 Å². The second kappa shape index (κ2) is 29.2. The lowest BCUT2D eigenvalue weighted by molar-refractivity contribution is -0.360. The molecule has 2 saturated heterocycles. The fourth-order valence-corrected chi connectivity index (χ4v) is 7.20. The number of aliphatic hydroxyl groups is 7. The Morgan fingerprint density at radius 3 is 1.60 bits per heavy atom. The normalized spacial score (nSPS) is 29.1. The number of hydrogen-bond acceptors (Lipinski definition) is 17. The van der Waals surface area contributed by atoms with Crippen LogP contribution in [-0.4, -0.2) is 165 Å². The molecular weight excluding hydrogens is 768 g/mol. The van der Waals surface area contributed by atoms with Gasteiger partial charge in [-0.15, -0.1) is 0 Å². The monoisotopic (exact) mass is 840 g/mol. The summed E-state index contributed by atoms with van der Waals surface area (Å²) in [6.45, 7) is 2.66. The number of carboxylic acid groups (broad SMARTS) is 1. The van der Waals surface area contributed by atoms with E-state index in [9.17, 15) is 55.2 Å². The number of ether oxygens (including phenoxy) is 7. The molecule has 0 radical (unpaired) electrons. The number of carboxylic acids is 1. The highest BCUT2D eigenvalue weighted by Crippen LogP contribution is 2.30. The zero-order valence-corrected chi connectivity index (χ0v) is 34.5. The third-order valence-electron chi connectivity index (χ3n) is 10.4. The van der Waals surface area contributed by atoms with Crippen molar-refractivity contribution >= 4 is 17.9 Å². The van der Waals surface area contributed by atoms with E-state index in [2.05, 4.69) is 6.92 Å². The molecule has 0 aromatic heterocycles. The van der Waals surface area contributed by atoms with E-state index in [0.29, 0.717) is 6.42 Å². The molecule has 2 fully saturated rings. The molecule has 340 valence electrons. The fraction of sp³-hybridized carbons (Fsp3) is 0.925. The van der Waals surface area contributed by atoms with Crippen LogP contribution in [0.15, 0.2) is 0 Å². The topological polar surface area (TPSA) is 278 Å². The largest absolute Gasteiger partial charge is 0.481 e. The van der Waals surface area contributed by atoms with E-state index in [-0.39, 0.29) is 19.6 Å². The lowest BCUT2D eigenvalue weighted by atomic mass is 9.97. The Balaban J connectivity index is 2.03. The molecule has 0 aromatic carbocycles. The molecule has 18 heteroatoms. The van der Waals surface area contributed by atoms with Crippen molar-refractivity contribution in [1.82, 2.24) is 0 Å². The van der Waals surface area contributed by atoms with E-state index < -0.39 is 117 Å². The van der Waals surface area contributed by atoms with Gasteiger partial charge in [-0.25, -0.2) is 0 Å². The van der Waals surface area contributed by atoms with Gasteiger partial charge in [-0.2, -0.15) is 0 Å². The Labute approximate surface area is 342 Å². The van der Waals surface area contributed by atoms with Crippen LogP contribution in [0.2, 0.25) is 0 Å². The van der Waals surface area contributed by atoms with Crippen molar-refractivity contribution in [2.75, 3.05) is 26.4 Å². The van der Waals surface area contributed by atoms with Crippen LogP contribution in [0.1, 0.15) is 130 Å². The van der Waals surface area contributed by atoms with Crippen LogP contribution in [0.4, 0.5) is 0 Å². The maximum atomic E-state index is 12.0. The fourth-order valence-electron chi connectivity index (χ4n) is 7.20. The van der Waals surface area contributed by atoms with Crippen LogP contribution in [-0.2, 0) is 47.5 Å². The maximum absolute atomic E-state index is 12.0. The summed E-state index contributed by atoms with van der Waals surface area (Å²) in [7, 11) is 0. The first-order valence-electron chi connectivity index (χ1n) is 21.1. The van der Waals surface area contributed by atoms with Gasteiger partial charge in [-0.3, -0.25) is 14.4 Å². The molecule has 0 unspecified atom stereocenters. The number of aliphatic carboxylic acids is 1. The number of aliphatic hydroxyl groups excluding tert-OH is 7. The zero-order valence-electron chi connectivity index (χ0n) is 34.5. The van der Waals surface area contributed by atoms with Crippen LogP contribution >= 0.6 is 0 Å². The Morgan fingerprint density at radius 1 is 0.586 bits per heavy atom. The summed E-state index contributed by atoms with van der Waals surface area (Å²) in [6.07, 6.45) is -2.72. The zero-order chi connectivity index (χ0) is 43.0. The highest BCUT2D eigenvalue weighted by molar-refractivity contribution is 5.70. The van der Waals surface area contributed by atoms with Gasteiger partial charge in [-0.05, 0) is 6.42 Å². The minimum absolute atomic E-state index is 0.150. The molecule has 2 rings (SSSR count). The third-order valence-corrected chi connectivity index (χ3v) is 10.4. The van der Waals surface area contributed by atoms with Gasteiger partial charge in [-0.1, -0.05) is 96.8 Å². The average Bonchev–Trinajstić information content (AvgIpc) is 3.17. The molecule has 0 saturated carbocycles. The molecule has 0 aliphatic carbocycles. The molecule has 0 aromatic rings. The van der Waals surface area contributed by atoms with Crippen LogP contribution < -0.4 is 0 Å². The molecular formula is C40H72O18. The number of hydrogen-bond donors (Lipinski definition) is 8. The Bertz CT molecular complexity index is 1110. The molecule has 13 atom stereocenters. The van der Waals surface area contributed by atoms with Gasteiger partial charge in [0.2, 0.25) is 0 Å². The van der Waals surface area contributed by atoms with Gasteiger partial charge in [0.05, 0.1) is 39.0 Å². The lowest BCUT2D eigenvalue weighted by Crippen LogP contribution is -2.64. The molecule has 0 spiro atoms. The van der Waals surface area contributed by atoms with Crippen molar-refractivity contribution in [2.45, 2.75) is 210 Å². The highest BCUT2D eigenvalue weighted by atomic mass is 16.7. The lowest BCUT2D eigenvalue weighted by Gasteiger charge is -2.46. The second-order valence-electron chi connectivity index (χ2n) is 15.5. The maximum Gasteiger partial charge on any atom is 0.307 e. The van der Waals surface area contributed by atoms with E-state index in [1.807, 2.05) is 0 Å². The third kappa shape index (κ3) is 19.5. The van der Waals surface area contributed by atoms with Crippen molar-refractivity contribution in [2.24, 2.45) is 0 Å². The van der Waals surface area contributed by atoms with E-state index in [4.69, 9.17) is 33.2 Å². The molecule has 2 heterocycles. The van der Waals surface area contributed by atoms with E-state index in [1.54, 1.807) is 0 Å². The minimum Gasteiger partial charge on any atom is -0.481 e. The van der Waals surface area contributed by atoms with Gasteiger partial charge < -0.3 is 74.0 Å². The summed E-state index contributed by atoms with van der Waals surface area (Å²) < 4.78 is 39.3. The van der Waals surface area contributed by atoms with Gasteiger partial charge >= 0.3 is 17.9 Å².